The third-order valence-electron chi connectivity index (χ3n) is 3.38. The van der Waals surface area contributed by atoms with Crippen LogP contribution in [0.25, 0.3) is 0 Å². The van der Waals surface area contributed by atoms with E-state index >= 15 is 0 Å². The molecule has 0 spiro atoms. The highest BCUT2D eigenvalue weighted by molar-refractivity contribution is 5.85. The number of para-hydroxylation sites is 2. The number of allylic oxidation sites excluding steroid dienone is 1. The summed E-state index contributed by atoms with van der Waals surface area (Å²) in [6.07, 6.45) is 4.26. The minimum absolute atomic E-state index is 0.397. The topological polar surface area (TPSA) is 46.5 Å². The van der Waals surface area contributed by atoms with Gasteiger partial charge < -0.3 is 9.84 Å². The van der Waals surface area contributed by atoms with Crippen molar-refractivity contribution in [2.24, 2.45) is 0 Å². The van der Waals surface area contributed by atoms with Crippen LogP contribution in [-0.2, 0) is 11.2 Å². The first-order valence-electron chi connectivity index (χ1n) is 7.37. The molecule has 3 nitrogen and oxygen atoms in total. The van der Waals surface area contributed by atoms with E-state index in [1.807, 2.05) is 54.6 Å². The summed E-state index contributed by atoms with van der Waals surface area (Å²) in [6, 6.07) is 17.6. The van der Waals surface area contributed by atoms with Crippen LogP contribution in [0, 0.1) is 0 Å². The summed E-state index contributed by atoms with van der Waals surface area (Å²) >= 11 is 0. The predicted molar refractivity (Wildman–Crippen MR) is 87.3 cm³/mol. The molecule has 2 aromatic rings. The Morgan fingerprint density at radius 2 is 1.77 bits per heavy atom. The smallest absolute Gasteiger partial charge is 0.330 e. The minimum atomic E-state index is -0.854. The first-order chi connectivity index (χ1) is 10.7. The Bertz CT molecular complexity index is 645. The number of ether oxygens (including phenoxy) is 1. The van der Waals surface area contributed by atoms with E-state index in [1.165, 1.54) is 0 Å². The molecule has 22 heavy (non-hydrogen) atoms. The van der Waals surface area contributed by atoms with Gasteiger partial charge in [0.1, 0.15) is 11.5 Å². The van der Waals surface area contributed by atoms with E-state index < -0.39 is 5.97 Å². The van der Waals surface area contributed by atoms with Gasteiger partial charge >= 0.3 is 5.97 Å². The summed E-state index contributed by atoms with van der Waals surface area (Å²) in [5, 5.41) is 8.82. The molecule has 0 saturated heterocycles. The molecule has 0 aliphatic rings. The Morgan fingerprint density at radius 3 is 2.50 bits per heavy atom. The average molecular weight is 296 g/mol. The molecule has 0 fully saturated rings. The molecule has 3 heteroatoms. The first kappa shape index (κ1) is 15.8. The van der Waals surface area contributed by atoms with Gasteiger partial charge in [0.15, 0.2) is 0 Å². The van der Waals surface area contributed by atoms with Gasteiger partial charge in [0, 0.05) is 5.57 Å². The van der Waals surface area contributed by atoms with Gasteiger partial charge in [-0.15, -0.1) is 0 Å². The molecule has 0 aromatic heterocycles. The lowest BCUT2D eigenvalue weighted by molar-refractivity contribution is -0.132. The lowest BCUT2D eigenvalue weighted by Crippen LogP contribution is -1.96. The Balaban J connectivity index is 1.97. The number of benzene rings is 2. The molecule has 0 atom stereocenters. The van der Waals surface area contributed by atoms with Gasteiger partial charge in [-0.2, -0.15) is 0 Å². The zero-order valence-electron chi connectivity index (χ0n) is 12.7. The van der Waals surface area contributed by atoms with Crippen LogP contribution in [0.15, 0.2) is 66.2 Å². The zero-order chi connectivity index (χ0) is 15.8. The minimum Gasteiger partial charge on any atom is -0.478 e. The lowest BCUT2D eigenvalue weighted by atomic mass is 10.1. The van der Waals surface area contributed by atoms with Crippen molar-refractivity contribution in [2.45, 2.75) is 26.2 Å². The van der Waals surface area contributed by atoms with Crippen LogP contribution in [0.1, 0.15) is 25.3 Å². The fraction of sp³-hybridized carbons (Fsp3) is 0.211. The molecule has 114 valence electrons. The van der Waals surface area contributed by atoms with E-state index in [1.54, 1.807) is 13.0 Å². The van der Waals surface area contributed by atoms with Gasteiger partial charge in [-0.25, -0.2) is 4.79 Å². The maximum absolute atomic E-state index is 10.7. The fourth-order valence-electron chi connectivity index (χ4n) is 2.12. The molecule has 0 unspecified atom stereocenters. The van der Waals surface area contributed by atoms with Crippen molar-refractivity contribution in [1.82, 2.24) is 0 Å². The second-order valence-corrected chi connectivity index (χ2v) is 5.11. The number of hydrogen-bond acceptors (Lipinski definition) is 2. The van der Waals surface area contributed by atoms with E-state index in [-0.39, 0.29) is 0 Å². The molecule has 2 aromatic carbocycles. The Labute approximate surface area is 130 Å². The summed E-state index contributed by atoms with van der Waals surface area (Å²) < 4.78 is 5.92. The SMILES string of the molecule is CC(=CCCCc1ccccc1Oc1ccccc1)C(=O)O. The molecule has 0 saturated carbocycles. The molecule has 0 bridgehead atoms. The van der Waals surface area contributed by atoms with Crippen LogP contribution in [0.5, 0.6) is 11.5 Å². The number of aliphatic carboxylic acids is 1. The second-order valence-electron chi connectivity index (χ2n) is 5.11. The molecule has 0 aliphatic carbocycles. The van der Waals surface area contributed by atoms with Gasteiger partial charge in [-0.05, 0) is 49.9 Å². The van der Waals surface area contributed by atoms with Crippen molar-refractivity contribution in [1.29, 1.82) is 0 Å². The molecule has 2 rings (SSSR count). The second kappa shape index (κ2) is 8.03. The van der Waals surface area contributed by atoms with E-state index in [9.17, 15) is 4.79 Å². The van der Waals surface area contributed by atoms with Crippen LogP contribution in [0.4, 0.5) is 0 Å². The average Bonchev–Trinajstić information content (AvgIpc) is 2.53. The van der Waals surface area contributed by atoms with Crippen LogP contribution < -0.4 is 4.74 Å². The standard InChI is InChI=1S/C19H20O3/c1-15(19(20)21)9-5-6-10-16-11-7-8-14-18(16)22-17-12-3-2-4-13-17/h2-4,7-9,11-14H,5-6,10H2,1H3,(H,20,21). The lowest BCUT2D eigenvalue weighted by Gasteiger charge is -2.10. The number of carbonyl (C=O) groups is 1. The fourth-order valence-corrected chi connectivity index (χ4v) is 2.12. The van der Waals surface area contributed by atoms with Crippen molar-refractivity contribution >= 4 is 5.97 Å². The number of unbranched alkanes of at least 4 members (excludes halogenated alkanes) is 1. The number of rotatable bonds is 7. The zero-order valence-corrected chi connectivity index (χ0v) is 12.7. The largest absolute Gasteiger partial charge is 0.478 e. The normalized spacial score (nSPS) is 11.2. The molecular formula is C19H20O3. The maximum Gasteiger partial charge on any atom is 0.330 e. The highest BCUT2D eigenvalue weighted by Gasteiger charge is 2.04. The van der Waals surface area contributed by atoms with Crippen LogP contribution in [-0.4, -0.2) is 11.1 Å². The predicted octanol–water partition coefficient (Wildman–Crippen LogP) is 4.83. The summed E-state index contributed by atoms with van der Waals surface area (Å²) in [6.45, 7) is 1.62. The van der Waals surface area contributed by atoms with Crippen molar-refractivity contribution in [3.63, 3.8) is 0 Å². The molecule has 1 N–H and O–H groups in total. The summed E-state index contributed by atoms with van der Waals surface area (Å²) in [7, 11) is 0. The van der Waals surface area contributed by atoms with Crippen molar-refractivity contribution in [2.75, 3.05) is 0 Å². The Kier molecular flexibility index (Phi) is 5.78. The van der Waals surface area contributed by atoms with Gasteiger partial charge in [0.05, 0.1) is 0 Å². The Hall–Kier alpha value is -2.55. The van der Waals surface area contributed by atoms with Gasteiger partial charge in [-0.1, -0.05) is 42.5 Å². The molecule has 0 aliphatic heterocycles. The van der Waals surface area contributed by atoms with Crippen molar-refractivity contribution < 1.29 is 14.6 Å². The first-order valence-corrected chi connectivity index (χ1v) is 7.37. The maximum atomic E-state index is 10.7. The highest BCUT2D eigenvalue weighted by atomic mass is 16.5. The number of carboxylic acid groups (broad SMARTS) is 1. The van der Waals surface area contributed by atoms with E-state index in [2.05, 4.69) is 0 Å². The van der Waals surface area contributed by atoms with E-state index in [0.717, 1.165) is 36.3 Å². The van der Waals surface area contributed by atoms with Crippen LogP contribution in [0.3, 0.4) is 0 Å². The number of carboxylic acids is 1. The highest BCUT2D eigenvalue weighted by Crippen LogP contribution is 2.26. The van der Waals surface area contributed by atoms with Crippen molar-refractivity contribution in [3.05, 3.63) is 71.8 Å². The Morgan fingerprint density at radius 1 is 1.09 bits per heavy atom. The molecule has 0 radical (unpaired) electrons. The third-order valence-corrected chi connectivity index (χ3v) is 3.38. The third kappa shape index (κ3) is 4.77. The van der Waals surface area contributed by atoms with Gasteiger partial charge in [0.25, 0.3) is 0 Å². The quantitative estimate of drug-likeness (QED) is 0.588. The van der Waals surface area contributed by atoms with Crippen LogP contribution in [0.2, 0.25) is 0 Å². The van der Waals surface area contributed by atoms with E-state index in [0.29, 0.717) is 5.57 Å². The summed E-state index contributed by atoms with van der Waals surface area (Å²) in [5.41, 5.74) is 1.53. The summed E-state index contributed by atoms with van der Waals surface area (Å²) in [5.74, 6) is 0.817. The van der Waals surface area contributed by atoms with Crippen molar-refractivity contribution in [3.8, 4) is 11.5 Å². The van der Waals surface area contributed by atoms with Gasteiger partial charge in [0.2, 0.25) is 0 Å². The van der Waals surface area contributed by atoms with E-state index in [4.69, 9.17) is 9.84 Å². The molecule has 0 amide bonds. The van der Waals surface area contributed by atoms with Crippen LogP contribution >= 0.6 is 0 Å². The molecular weight excluding hydrogens is 276 g/mol. The number of aryl methyl sites for hydroxylation is 1. The molecule has 0 heterocycles. The number of hydrogen-bond donors (Lipinski definition) is 1. The monoisotopic (exact) mass is 296 g/mol. The summed E-state index contributed by atoms with van der Waals surface area (Å²) in [4.78, 5) is 10.7. The van der Waals surface area contributed by atoms with Gasteiger partial charge in [-0.3, -0.25) is 0 Å².